The zero-order valence-corrected chi connectivity index (χ0v) is 15.4. The molecule has 0 bridgehead atoms. The van der Waals surface area contributed by atoms with Gasteiger partial charge in [-0.15, -0.1) is 0 Å². The molecule has 0 spiro atoms. The Labute approximate surface area is 145 Å². The van der Waals surface area contributed by atoms with E-state index in [0.717, 1.165) is 51.1 Å². The van der Waals surface area contributed by atoms with Crippen LogP contribution in [0.15, 0.2) is 22.8 Å². The highest BCUT2D eigenvalue weighted by Crippen LogP contribution is 2.24. The van der Waals surface area contributed by atoms with Crippen molar-refractivity contribution in [3.63, 3.8) is 0 Å². The van der Waals surface area contributed by atoms with Crippen molar-refractivity contribution in [3.05, 3.63) is 24.2 Å². The molecule has 1 saturated heterocycles. The van der Waals surface area contributed by atoms with Crippen LogP contribution in [0.2, 0.25) is 0 Å². The number of carbonyl (C=O) groups excluding carboxylic acids is 1. The lowest BCUT2D eigenvalue weighted by atomic mass is 9.92. The topological polar surface area (TPSA) is 51.9 Å². The molecule has 5 nitrogen and oxygen atoms in total. The first-order chi connectivity index (χ1) is 11.3. The number of ether oxygens (including phenoxy) is 2. The highest BCUT2D eigenvalue weighted by Gasteiger charge is 2.26. The summed E-state index contributed by atoms with van der Waals surface area (Å²) in [5.74, 6) is 1.55. The van der Waals surface area contributed by atoms with Crippen molar-refractivity contribution in [2.24, 2.45) is 5.92 Å². The van der Waals surface area contributed by atoms with E-state index in [2.05, 4.69) is 0 Å². The summed E-state index contributed by atoms with van der Waals surface area (Å²) in [5, 5.41) is 0. The van der Waals surface area contributed by atoms with Gasteiger partial charge in [-0.3, -0.25) is 0 Å². The predicted molar refractivity (Wildman–Crippen MR) is 92.8 cm³/mol. The second kappa shape index (κ2) is 8.56. The summed E-state index contributed by atoms with van der Waals surface area (Å²) in [5.41, 5.74) is -0.421. The van der Waals surface area contributed by atoms with E-state index in [9.17, 15) is 4.79 Å². The van der Waals surface area contributed by atoms with Crippen molar-refractivity contribution in [1.82, 2.24) is 4.90 Å². The smallest absolute Gasteiger partial charge is 0.410 e. The molecule has 1 amide bonds. The van der Waals surface area contributed by atoms with Crippen LogP contribution in [-0.2, 0) is 9.47 Å². The maximum atomic E-state index is 12.0. The van der Waals surface area contributed by atoms with Gasteiger partial charge in [0, 0.05) is 19.7 Å². The summed E-state index contributed by atoms with van der Waals surface area (Å²) in [6, 6.07) is 3.82. The third-order valence-electron chi connectivity index (χ3n) is 4.33. The van der Waals surface area contributed by atoms with E-state index in [0.29, 0.717) is 5.92 Å². The van der Waals surface area contributed by atoms with Crippen molar-refractivity contribution in [2.45, 2.75) is 65.1 Å². The fourth-order valence-corrected chi connectivity index (χ4v) is 2.97. The standard InChI is InChI=1S/C19H31NO4/c1-15(17-8-6-14-23-17)22-13-5-7-16-9-11-20(12-10-16)18(21)24-19(2,3)4/h6,8,14-16H,5,7,9-13H2,1-4H3/t15-/m1/s1. The normalized spacial score (nSPS) is 17.8. The van der Waals surface area contributed by atoms with Crippen LogP contribution in [-0.4, -0.2) is 36.3 Å². The molecule has 0 unspecified atom stereocenters. The summed E-state index contributed by atoms with van der Waals surface area (Å²) < 4.78 is 16.6. The first-order valence-electron chi connectivity index (χ1n) is 8.98. The SMILES string of the molecule is C[C@@H](OCCCC1CCN(C(=O)OC(C)(C)C)CC1)c1ccco1. The van der Waals surface area contributed by atoms with Gasteiger partial charge < -0.3 is 18.8 Å². The summed E-state index contributed by atoms with van der Waals surface area (Å²) >= 11 is 0. The number of hydrogen-bond donors (Lipinski definition) is 0. The molecule has 1 aliphatic heterocycles. The van der Waals surface area contributed by atoms with Crippen molar-refractivity contribution >= 4 is 6.09 Å². The molecule has 1 aromatic rings. The van der Waals surface area contributed by atoms with E-state index in [1.165, 1.54) is 0 Å². The minimum Gasteiger partial charge on any atom is -0.467 e. The Morgan fingerprint density at radius 3 is 2.67 bits per heavy atom. The molecule has 0 radical (unpaired) electrons. The lowest BCUT2D eigenvalue weighted by molar-refractivity contribution is 0.0166. The van der Waals surface area contributed by atoms with Gasteiger partial charge in [0.1, 0.15) is 17.5 Å². The highest BCUT2D eigenvalue weighted by atomic mass is 16.6. The zero-order valence-electron chi connectivity index (χ0n) is 15.4. The Kier molecular flexibility index (Phi) is 6.72. The molecule has 0 saturated carbocycles. The highest BCUT2D eigenvalue weighted by molar-refractivity contribution is 5.68. The largest absolute Gasteiger partial charge is 0.467 e. The zero-order chi connectivity index (χ0) is 17.6. The van der Waals surface area contributed by atoms with E-state index in [1.807, 2.05) is 44.7 Å². The Balaban J connectivity index is 1.59. The molecule has 1 aromatic heterocycles. The van der Waals surface area contributed by atoms with Crippen LogP contribution in [0.4, 0.5) is 4.79 Å². The van der Waals surface area contributed by atoms with Crippen molar-refractivity contribution in [3.8, 4) is 0 Å². The predicted octanol–water partition coefficient (Wildman–Crippen LogP) is 4.78. The fourth-order valence-electron chi connectivity index (χ4n) is 2.97. The van der Waals surface area contributed by atoms with Crippen molar-refractivity contribution < 1.29 is 18.7 Å². The first kappa shape index (κ1) is 18.8. The monoisotopic (exact) mass is 337 g/mol. The number of amides is 1. The molecule has 2 heterocycles. The van der Waals surface area contributed by atoms with Crippen LogP contribution in [0.1, 0.15) is 65.2 Å². The van der Waals surface area contributed by atoms with Gasteiger partial charge in [-0.1, -0.05) is 0 Å². The molecule has 1 atom stereocenters. The van der Waals surface area contributed by atoms with Gasteiger partial charge in [0.25, 0.3) is 0 Å². The minimum atomic E-state index is -0.421. The van der Waals surface area contributed by atoms with Gasteiger partial charge in [-0.2, -0.15) is 0 Å². The third-order valence-corrected chi connectivity index (χ3v) is 4.33. The average Bonchev–Trinajstić information content (AvgIpc) is 3.04. The maximum Gasteiger partial charge on any atom is 0.410 e. The molecular weight excluding hydrogens is 306 g/mol. The number of piperidine rings is 1. The third kappa shape index (κ3) is 6.19. The molecular formula is C19H31NO4. The summed E-state index contributed by atoms with van der Waals surface area (Å²) in [6.07, 6.45) is 5.79. The molecule has 1 aliphatic rings. The first-order valence-corrected chi connectivity index (χ1v) is 8.98. The maximum absolute atomic E-state index is 12.0. The number of carbonyl (C=O) groups is 1. The van der Waals surface area contributed by atoms with Crippen LogP contribution >= 0.6 is 0 Å². The second-order valence-corrected chi connectivity index (χ2v) is 7.58. The van der Waals surface area contributed by atoms with E-state index < -0.39 is 5.60 Å². The van der Waals surface area contributed by atoms with Gasteiger partial charge >= 0.3 is 6.09 Å². The van der Waals surface area contributed by atoms with Crippen LogP contribution in [0.5, 0.6) is 0 Å². The molecule has 24 heavy (non-hydrogen) atoms. The van der Waals surface area contributed by atoms with Crippen molar-refractivity contribution in [2.75, 3.05) is 19.7 Å². The molecule has 1 fully saturated rings. The molecule has 0 aliphatic carbocycles. The van der Waals surface area contributed by atoms with Crippen LogP contribution in [0.25, 0.3) is 0 Å². The van der Waals surface area contributed by atoms with Gasteiger partial charge in [-0.25, -0.2) is 4.79 Å². The average molecular weight is 337 g/mol. The van der Waals surface area contributed by atoms with Crippen LogP contribution in [0, 0.1) is 5.92 Å². The van der Waals surface area contributed by atoms with Gasteiger partial charge in [0.2, 0.25) is 0 Å². The van der Waals surface area contributed by atoms with Crippen LogP contribution < -0.4 is 0 Å². The Morgan fingerprint density at radius 2 is 2.08 bits per heavy atom. The van der Waals surface area contributed by atoms with Gasteiger partial charge in [-0.05, 0) is 71.4 Å². The van der Waals surface area contributed by atoms with E-state index in [1.54, 1.807) is 6.26 Å². The van der Waals surface area contributed by atoms with E-state index in [4.69, 9.17) is 13.9 Å². The van der Waals surface area contributed by atoms with E-state index in [-0.39, 0.29) is 12.2 Å². The van der Waals surface area contributed by atoms with Crippen molar-refractivity contribution in [1.29, 1.82) is 0 Å². The second-order valence-electron chi connectivity index (χ2n) is 7.58. The van der Waals surface area contributed by atoms with E-state index >= 15 is 0 Å². The number of likely N-dealkylation sites (tertiary alicyclic amines) is 1. The van der Waals surface area contributed by atoms with Crippen LogP contribution in [0.3, 0.4) is 0 Å². The number of rotatable bonds is 6. The molecule has 0 aromatic carbocycles. The number of nitrogens with zero attached hydrogens (tertiary/aromatic N) is 1. The summed E-state index contributed by atoms with van der Waals surface area (Å²) in [4.78, 5) is 13.9. The Bertz CT molecular complexity index is 484. The minimum absolute atomic E-state index is 0.00835. The Morgan fingerprint density at radius 1 is 1.38 bits per heavy atom. The fraction of sp³-hybridized carbons (Fsp3) is 0.737. The number of hydrogen-bond acceptors (Lipinski definition) is 4. The molecule has 5 heteroatoms. The van der Waals surface area contributed by atoms with Gasteiger partial charge in [0.15, 0.2) is 0 Å². The number of furan rings is 1. The van der Waals surface area contributed by atoms with Gasteiger partial charge in [0.05, 0.1) is 6.26 Å². The lowest BCUT2D eigenvalue weighted by Gasteiger charge is -2.33. The quantitative estimate of drug-likeness (QED) is 0.701. The Hall–Kier alpha value is -1.49. The summed E-state index contributed by atoms with van der Waals surface area (Å²) in [7, 11) is 0. The molecule has 136 valence electrons. The lowest BCUT2D eigenvalue weighted by Crippen LogP contribution is -2.41. The summed E-state index contributed by atoms with van der Waals surface area (Å²) in [6.45, 7) is 10.1. The molecule has 0 N–H and O–H groups in total. The molecule has 2 rings (SSSR count).